The molecule has 0 aromatic heterocycles. The fourth-order valence-corrected chi connectivity index (χ4v) is 4.26. The average Bonchev–Trinajstić information content (AvgIpc) is 3.00. The van der Waals surface area contributed by atoms with Crippen molar-refractivity contribution in [3.8, 4) is 0 Å². The molecule has 3 fully saturated rings. The summed E-state index contributed by atoms with van der Waals surface area (Å²) in [6.45, 7) is 1.23. The molecule has 3 aliphatic carbocycles. The molecule has 0 radical (unpaired) electrons. The van der Waals surface area contributed by atoms with Crippen LogP contribution in [0.3, 0.4) is 0 Å². The van der Waals surface area contributed by atoms with Gasteiger partial charge < -0.3 is 14.9 Å². The van der Waals surface area contributed by atoms with Gasteiger partial charge in [0.25, 0.3) is 0 Å². The molecule has 3 saturated carbocycles. The predicted molar refractivity (Wildman–Crippen MR) is 78.9 cm³/mol. The number of carbonyl (C=O) groups is 2. The van der Waals surface area contributed by atoms with E-state index in [0.29, 0.717) is 18.4 Å². The van der Waals surface area contributed by atoms with E-state index in [9.17, 15) is 9.59 Å². The maximum Gasteiger partial charge on any atom is 0.323 e. The van der Waals surface area contributed by atoms with Crippen LogP contribution in [0.1, 0.15) is 38.5 Å². The second-order valence-corrected chi connectivity index (χ2v) is 7.32. The van der Waals surface area contributed by atoms with Crippen LogP contribution in [-0.2, 0) is 4.79 Å². The molecule has 0 saturated heterocycles. The first-order chi connectivity index (χ1) is 10.0. The van der Waals surface area contributed by atoms with Gasteiger partial charge in [0.1, 0.15) is 6.54 Å². The first kappa shape index (κ1) is 14.7. The van der Waals surface area contributed by atoms with Crippen LogP contribution < -0.4 is 0 Å². The normalized spacial score (nSPS) is 30.4. The van der Waals surface area contributed by atoms with Crippen molar-refractivity contribution in [1.29, 1.82) is 0 Å². The van der Waals surface area contributed by atoms with Gasteiger partial charge in [-0.3, -0.25) is 4.79 Å². The molecule has 118 valence electrons. The van der Waals surface area contributed by atoms with Gasteiger partial charge in [-0.1, -0.05) is 6.42 Å². The van der Waals surface area contributed by atoms with Crippen LogP contribution >= 0.6 is 0 Å². The van der Waals surface area contributed by atoms with Crippen molar-refractivity contribution >= 4 is 12.0 Å². The van der Waals surface area contributed by atoms with Crippen LogP contribution in [0.4, 0.5) is 4.79 Å². The average molecular weight is 294 g/mol. The van der Waals surface area contributed by atoms with Gasteiger partial charge in [-0.05, 0) is 55.8 Å². The molecule has 21 heavy (non-hydrogen) atoms. The van der Waals surface area contributed by atoms with Crippen LogP contribution in [0.5, 0.6) is 0 Å². The van der Waals surface area contributed by atoms with E-state index < -0.39 is 5.97 Å². The maximum absolute atomic E-state index is 12.5. The summed E-state index contributed by atoms with van der Waals surface area (Å²) in [7, 11) is 1.83. The lowest BCUT2D eigenvalue weighted by Gasteiger charge is -2.31. The summed E-state index contributed by atoms with van der Waals surface area (Å²) in [6.07, 6.45) is 7.53. The minimum Gasteiger partial charge on any atom is -0.480 e. The van der Waals surface area contributed by atoms with Gasteiger partial charge in [0.05, 0.1) is 0 Å². The fraction of sp³-hybridized carbons (Fsp3) is 0.875. The second-order valence-electron chi connectivity index (χ2n) is 7.32. The molecule has 3 aliphatic rings. The highest BCUT2D eigenvalue weighted by molar-refractivity contribution is 5.80. The van der Waals surface area contributed by atoms with Crippen molar-refractivity contribution in [2.75, 3.05) is 26.7 Å². The van der Waals surface area contributed by atoms with Crippen molar-refractivity contribution in [2.45, 2.75) is 38.5 Å². The predicted octanol–water partition coefficient (Wildman–Crippen LogP) is 2.27. The first-order valence-electron chi connectivity index (χ1n) is 8.24. The molecular weight excluding hydrogens is 268 g/mol. The molecule has 5 nitrogen and oxygen atoms in total. The van der Waals surface area contributed by atoms with Gasteiger partial charge >= 0.3 is 12.0 Å². The van der Waals surface area contributed by atoms with E-state index in [1.165, 1.54) is 30.6 Å². The smallest absolute Gasteiger partial charge is 0.323 e. The minimum absolute atomic E-state index is 0.105. The van der Waals surface area contributed by atoms with Crippen molar-refractivity contribution in [3.05, 3.63) is 0 Å². The fourth-order valence-electron chi connectivity index (χ4n) is 4.26. The molecule has 3 atom stereocenters. The summed E-state index contributed by atoms with van der Waals surface area (Å²) in [6, 6.07) is -0.105. The number of carboxylic acid groups (broad SMARTS) is 1. The molecule has 1 N–H and O–H groups in total. The van der Waals surface area contributed by atoms with Crippen LogP contribution in [0, 0.1) is 23.7 Å². The van der Waals surface area contributed by atoms with Crippen LogP contribution in [0.2, 0.25) is 0 Å². The number of fused-ring (bicyclic) bond motifs is 2. The molecule has 0 aliphatic heterocycles. The summed E-state index contributed by atoms with van der Waals surface area (Å²) in [4.78, 5) is 26.8. The highest BCUT2D eigenvalue weighted by atomic mass is 16.4. The zero-order chi connectivity index (χ0) is 15.0. The third-order valence-electron chi connectivity index (χ3n) is 5.49. The Hall–Kier alpha value is -1.26. The lowest BCUT2D eigenvalue weighted by atomic mass is 9.88. The number of rotatable bonds is 6. The van der Waals surface area contributed by atoms with Crippen molar-refractivity contribution in [3.63, 3.8) is 0 Å². The number of urea groups is 1. The number of carboxylic acids is 1. The number of hydrogen-bond donors (Lipinski definition) is 1. The molecule has 0 aromatic carbocycles. The van der Waals surface area contributed by atoms with E-state index in [1.807, 2.05) is 7.05 Å². The lowest BCUT2D eigenvalue weighted by Crippen LogP contribution is -2.46. The highest BCUT2D eigenvalue weighted by Gasteiger charge is 2.40. The maximum atomic E-state index is 12.5. The monoisotopic (exact) mass is 294 g/mol. The van der Waals surface area contributed by atoms with Crippen LogP contribution in [0.25, 0.3) is 0 Å². The van der Waals surface area contributed by atoms with Crippen molar-refractivity contribution in [2.24, 2.45) is 23.7 Å². The Morgan fingerprint density at radius 1 is 1.10 bits per heavy atom. The lowest BCUT2D eigenvalue weighted by molar-refractivity contribution is -0.137. The summed E-state index contributed by atoms with van der Waals surface area (Å²) in [5.74, 6) is 1.90. The number of nitrogens with zero attached hydrogens (tertiary/aromatic N) is 2. The van der Waals surface area contributed by atoms with Crippen LogP contribution in [-0.4, -0.2) is 53.6 Å². The molecule has 2 bridgehead atoms. The van der Waals surface area contributed by atoms with Gasteiger partial charge in [0.2, 0.25) is 0 Å². The molecular formula is C16H26N2O3. The molecule has 3 unspecified atom stereocenters. The van der Waals surface area contributed by atoms with Gasteiger partial charge in [-0.2, -0.15) is 0 Å². The van der Waals surface area contributed by atoms with E-state index in [4.69, 9.17) is 5.11 Å². The number of aliphatic carboxylic acids is 1. The van der Waals surface area contributed by atoms with E-state index in [-0.39, 0.29) is 12.6 Å². The molecule has 0 spiro atoms. The van der Waals surface area contributed by atoms with Gasteiger partial charge in [-0.15, -0.1) is 0 Å². The van der Waals surface area contributed by atoms with Gasteiger partial charge in [-0.25, -0.2) is 4.79 Å². The second kappa shape index (κ2) is 5.85. The SMILES string of the molecule is CN(CC1CC2CCC1C2)C(=O)N(CC(=O)O)CC1CC1. The van der Waals surface area contributed by atoms with Crippen molar-refractivity contribution in [1.82, 2.24) is 9.80 Å². The van der Waals surface area contributed by atoms with Gasteiger partial charge in [0.15, 0.2) is 0 Å². The Morgan fingerprint density at radius 2 is 1.86 bits per heavy atom. The molecule has 0 heterocycles. The van der Waals surface area contributed by atoms with E-state index in [1.54, 1.807) is 4.90 Å². The zero-order valence-electron chi connectivity index (χ0n) is 12.8. The third-order valence-corrected chi connectivity index (χ3v) is 5.49. The largest absolute Gasteiger partial charge is 0.480 e. The third kappa shape index (κ3) is 3.50. The summed E-state index contributed by atoms with van der Waals surface area (Å²) in [5, 5.41) is 9.01. The summed E-state index contributed by atoms with van der Waals surface area (Å²) < 4.78 is 0. The Labute approximate surface area is 126 Å². The topological polar surface area (TPSA) is 60.9 Å². The minimum atomic E-state index is -0.919. The molecule has 0 aromatic rings. The Balaban J connectivity index is 1.54. The Bertz CT molecular complexity index is 422. The zero-order valence-corrected chi connectivity index (χ0v) is 12.8. The van der Waals surface area contributed by atoms with Crippen LogP contribution in [0.15, 0.2) is 0 Å². The summed E-state index contributed by atoms with van der Waals surface area (Å²) >= 11 is 0. The quantitative estimate of drug-likeness (QED) is 0.817. The number of carbonyl (C=O) groups excluding carboxylic acids is 1. The van der Waals surface area contributed by atoms with E-state index >= 15 is 0 Å². The number of hydrogen-bond acceptors (Lipinski definition) is 2. The molecule has 3 rings (SSSR count). The molecule has 5 heteroatoms. The van der Waals surface area contributed by atoms with E-state index in [0.717, 1.165) is 31.2 Å². The van der Waals surface area contributed by atoms with Gasteiger partial charge in [0, 0.05) is 20.1 Å². The van der Waals surface area contributed by atoms with Crippen molar-refractivity contribution < 1.29 is 14.7 Å². The Kier molecular flexibility index (Phi) is 4.09. The number of amides is 2. The molecule has 2 amide bonds. The highest BCUT2D eigenvalue weighted by Crippen LogP contribution is 2.48. The standard InChI is InChI=1S/C16H26N2O3/c1-17(9-14-7-12-4-5-13(14)6-12)16(21)18(10-15(19)20)8-11-2-3-11/h11-14H,2-10H2,1H3,(H,19,20). The Morgan fingerprint density at radius 3 is 2.38 bits per heavy atom. The summed E-state index contributed by atoms with van der Waals surface area (Å²) in [5.41, 5.74) is 0. The first-order valence-corrected chi connectivity index (χ1v) is 8.24. The van der Waals surface area contributed by atoms with E-state index in [2.05, 4.69) is 0 Å².